The van der Waals surface area contributed by atoms with Gasteiger partial charge < -0.3 is 38.7 Å². The lowest BCUT2D eigenvalue weighted by Crippen LogP contribution is -2.70. The lowest BCUT2D eigenvalue weighted by molar-refractivity contribution is -0.256. The summed E-state index contributed by atoms with van der Waals surface area (Å²) < 4.78 is 33.1. The molecule has 73 heavy (non-hydrogen) atoms. The molecule has 1 amide bonds. The Balaban J connectivity index is 1.35. The largest absolute Gasteiger partial charge is 0.496 e. The molecular weight excluding hydrogens is 921 g/mol. The summed E-state index contributed by atoms with van der Waals surface area (Å²) in [6, 6.07) is 24.6. The summed E-state index contributed by atoms with van der Waals surface area (Å²) in [5, 5.41) is 27.1. The molecule has 12 heteroatoms. The lowest BCUT2D eigenvalue weighted by atomic mass is 9.55. The minimum Gasteiger partial charge on any atom is -0.496 e. The first kappa shape index (κ1) is 55.1. The highest BCUT2D eigenvalue weighted by Gasteiger charge is 2.65. The Morgan fingerprint density at radius 3 is 2.29 bits per heavy atom. The number of aliphatic hydroxyl groups is 2. The van der Waals surface area contributed by atoms with Gasteiger partial charge in [-0.2, -0.15) is 0 Å². The molecular formula is C61H80N2O10. The maximum absolute atomic E-state index is 15.3. The summed E-state index contributed by atoms with van der Waals surface area (Å²) in [4.78, 5) is 35.2. The molecule has 2 aliphatic carbocycles. The fourth-order valence-electron chi connectivity index (χ4n) is 11.6. The van der Waals surface area contributed by atoms with Crippen LogP contribution in [0.2, 0.25) is 0 Å². The van der Waals surface area contributed by atoms with Gasteiger partial charge in [0.1, 0.15) is 35.6 Å². The van der Waals surface area contributed by atoms with Gasteiger partial charge in [-0.3, -0.25) is 9.69 Å². The number of carbonyl (C=O) groups excluding carboxylic acids is 2. The number of ether oxygens (including phenoxy) is 5. The number of unbranched alkanes of at least 4 members (excludes halogenated alkanes) is 11. The van der Waals surface area contributed by atoms with Crippen molar-refractivity contribution in [3.8, 4) is 23.0 Å². The van der Waals surface area contributed by atoms with Crippen molar-refractivity contribution in [2.75, 3.05) is 40.1 Å². The molecule has 1 saturated carbocycles. The van der Waals surface area contributed by atoms with E-state index < -0.39 is 23.8 Å². The van der Waals surface area contributed by atoms with Crippen molar-refractivity contribution < 1.29 is 48.3 Å². The number of benzene rings is 4. The Bertz CT molecular complexity index is 2460. The van der Waals surface area contributed by atoms with Gasteiger partial charge in [-0.25, -0.2) is 4.79 Å². The highest BCUT2D eigenvalue weighted by Crippen LogP contribution is 2.62. The first-order valence-electron chi connectivity index (χ1n) is 27.3. The summed E-state index contributed by atoms with van der Waals surface area (Å²) in [6.07, 6.45) is 20.7. The van der Waals surface area contributed by atoms with Crippen molar-refractivity contribution in [2.24, 2.45) is 22.9 Å². The molecule has 3 aliphatic rings. The number of amides is 1. The van der Waals surface area contributed by atoms with Gasteiger partial charge in [-0.1, -0.05) is 137 Å². The summed E-state index contributed by atoms with van der Waals surface area (Å²) in [7, 11) is 1.53. The van der Waals surface area contributed by atoms with Crippen molar-refractivity contribution >= 4 is 28.9 Å². The van der Waals surface area contributed by atoms with Gasteiger partial charge >= 0.3 is 6.09 Å². The summed E-state index contributed by atoms with van der Waals surface area (Å²) in [5.74, 6) is -0.144. The fourth-order valence-corrected chi connectivity index (χ4v) is 11.6. The number of aldehydes is 1. The van der Waals surface area contributed by atoms with Crippen LogP contribution < -0.4 is 14.2 Å². The highest BCUT2D eigenvalue weighted by atomic mass is 16.7. The van der Waals surface area contributed by atoms with Crippen molar-refractivity contribution in [1.82, 2.24) is 4.90 Å². The normalized spacial score (nSPS) is 21.4. The minimum atomic E-state index is -1.48. The molecule has 0 spiro atoms. The van der Waals surface area contributed by atoms with Gasteiger partial charge in [0, 0.05) is 31.1 Å². The molecule has 4 aromatic carbocycles. The van der Waals surface area contributed by atoms with E-state index in [-0.39, 0.29) is 57.1 Å². The highest BCUT2D eigenvalue weighted by molar-refractivity contribution is 6.03. The van der Waals surface area contributed by atoms with E-state index in [2.05, 4.69) is 43.8 Å². The quantitative estimate of drug-likeness (QED) is 0.0216. The summed E-state index contributed by atoms with van der Waals surface area (Å²) in [6.45, 7) is 9.39. The number of allylic oxidation sites excluding steroid dienone is 1. The molecule has 394 valence electrons. The molecule has 12 nitrogen and oxygen atoms in total. The number of carbonyl (C=O) groups is 2. The van der Waals surface area contributed by atoms with Crippen LogP contribution in [0.5, 0.6) is 23.0 Å². The molecule has 6 unspecified atom stereocenters. The van der Waals surface area contributed by atoms with Crippen LogP contribution >= 0.6 is 0 Å². The van der Waals surface area contributed by atoms with Gasteiger partial charge in [0.15, 0.2) is 6.29 Å². The van der Waals surface area contributed by atoms with Gasteiger partial charge in [-0.05, 0) is 109 Å². The van der Waals surface area contributed by atoms with E-state index >= 15 is 4.79 Å². The summed E-state index contributed by atoms with van der Waals surface area (Å²) in [5.41, 5.74) is 3.89. The van der Waals surface area contributed by atoms with E-state index in [9.17, 15) is 15.0 Å². The second-order valence-corrected chi connectivity index (χ2v) is 19.9. The van der Waals surface area contributed by atoms with E-state index in [4.69, 9.17) is 33.7 Å². The number of oxime groups is 1. The molecule has 0 bridgehead atoms. The maximum atomic E-state index is 15.3. The van der Waals surface area contributed by atoms with Crippen LogP contribution in [0.25, 0.3) is 10.8 Å². The zero-order valence-electron chi connectivity index (χ0n) is 43.6. The van der Waals surface area contributed by atoms with Crippen molar-refractivity contribution in [2.45, 2.75) is 147 Å². The Morgan fingerprint density at radius 1 is 0.849 bits per heavy atom. The van der Waals surface area contributed by atoms with Crippen LogP contribution in [-0.4, -0.2) is 85.2 Å². The Kier molecular flexibility index (Phi) is 21.2. The van der Waals surface area contributed by atoms with Crippen LogP contribution in [-0.2, 0) is 20.9 Å². The van der Waals surface area contributed by atoms with E-state index in [0.29, 0.717) is 53.7 Å². The Labute approximate surface area is 433 Å². The van der Waals surface area contributed by atoms with Gasteiger partial charge in [0.2, 0.25) is 5.79 Å². The van der Waals surface area contributed by atoms with Gasteiger partial charge in [0.05, 0.1) is 44.1 Å². The number of hydrogen-bond donors (Lipinski definition) is 2. The van der Waals surface area contributed by atoms with Crippen LogP contribution in [0, 0.1) is 17.8 Å². The molecule has 6 atom stereocenters. The molecule has 1 aliphatic heterocycles. The molecule has 1 fully saturated rings. The smallest absolute Gasteiger partial charge is 0.410 e. The Morgan fingerprint density at radius 2 is 1.56 bits per heavy atom. The third kappa shape index (κ3) is 13.5. The second kappa shape index (κ2) is 28.1. The second-order valence-electron chi connectivity index (χ2n) is 19.9. The number of nitrogens with zero attached hydrogens (tertiary/aromatic N) is 2. The zero-order valence-corrected chi connectivity index (χ0v) is 43.6. The molecule has 4 aromatic rings. The molecule has 7 rings (SSSR count). The third-order valence-corrected chi connectivity index (χ3v) is 15.1. The van der Waals surface area contributed by atoms with E-state index in [1.165, 1.54) is 52.1 Å². The van der Waals surface area contributed by atoms with Crippen molar-refractivity contribution in [1.29, 1.82) is 0 Å². The maximum Gasteiger partial charge on any atom is 0.410 e. The predicted molar refractivity (Wildman–Crippen MR) is 288 cm³/mol. The van der Waals surface area contributed by atoms with Crippen molar-refractivity contribution in [3.63, 3.8) is 0 Å². The average molecular weight is 1000 g/mol. The van der Waals surface area contributed by atoms with Crippen LogP contribution in [0.15, 0.2) is 108 Å². The zero-order chi connectivity index (χ0) is 51.4. The number of hydrogen-bond acceptors (Lipinski definition) is 11. The number of methoxy groups -OCH3 is 1. The lowest BCUT2D eigenvalue weighted by Gasteiger charge is -2.59. The van der Waals surface area contributed by atoms with Crippen LogP contribution in [0.3, 0.4) is 0 Å². The van der Waals surface area contributed by atoms with Crippen LogP contribution in [0.1, 0.15) is 150 Å². The fraction of sp³-hybridized carbons (Fsp3) is 0.525. The van der Waals surface area contributed by atoms with Gasteiger partial charge in [0.25, 0.3) is 0 Å². The third-order valence-electron chi connectivity index (χ3n) is 15.1. The van der Waals surface area contributed by atoms with E-state index in [0.717, 1.165) is 78.7 Å². The minimum absolute atomic E-state index is 0.00755. The van der Waals surface area contributed by atoms with Gasteiger partial charge in [-0.15, -0.1) is 6.58 Å². The topological polar surface area (TPSA) is 146 Å². The molecule has 0 radical (unpaired) electrons. The summed E-state index contributed by atoms with van der Waals surface area (Å²) >= 11 is 0. The SMILES string of the molecule is C=CCOC12Oc3ccc(Oc4ccc(OC)c(C=O)c4)cc3C3C(CCCCO)C(CCCCO)C=C(C(=NOCC)CC1N(Cc1cccc4ccccc14)C(=O)OCCCCCCCCCCCC)C32. The molecule has 0 aromatic heterocycles. The predicted octanol–water partition coefficient (Wildman–Crippen LogP) is 13.7. The van der Waals surface area contributed by atoms with Crippen LogP contribution in [0.4, 0.5) is 4.79 Å². The van der Waals surface area contributed by atoms with Crippen molar-refractivity contribution in [3.05, 3.63) is 120 Å². The number of rotatable bonds is 31. The first-order valence-corrected chi connectivity index (χ1v) is 27.3. The average Bonchev–Trinajstić information content (AvgIpc) is 3.41. The molecule has 0 saturated heterocycles. The first-order chi connectivity index (χ1) is 35.8. The number of fused-ring (bicyclic) bond motifs is 3. The monoisotopic (exact) mass is 1000 g/mol. The standard InChI is InChI=1S/C61H80N2O10/c1-5-8-9-10-11-12-13-14-15-22-37-69-60(67)63(42-46-27-23-26-44-24-16-17-28-50(44)46)57-41-54(62-71-7-3)52-39-45(25-18-20-34-64)51(29-19-21-35-65)58-53-40-49(72-48-30-32-55(68-4)47(38-48)43-66)31-33-56(53)73-61(57,59(52)58)70-36-6-2/h6,16-17,23-24,26-28,30-33,38-40,43,45,51,57-59,64-65H,2,5,7-15,18-22,25,29,34-37,41-42H2,1,3-4H3. The molecule has 2 N–H and O–H groups in total. The number of aliphatic hydroxyl groups excluding tert-OH is 2. The molecule has 1 heterocycles. The van der Waals surface area contributed by atoms with E-state index in [1.54, 1.807) is 24.3 Å². The van der Waals surface area contributed by atoms with E-state index in [1.807, 2.05) is 48.2 Å². The Hall–Kier alpha value is -5.69.